The van der Waals surface area contributed by atoms with E-state index < -0.39 is 5.60 Å². The van der Waals surface area contributed by atoms with Gasteiger partial charge in [-0.15, -0.1) is 0 Å². The molecule has 6 rings (SSSR count). The number of aromatic nitrogens is 2. The first-order chi connectivity index (χ1) is 15.6. The number of pyridine rings is 1. The fourth-order valence-corrected chi connectivity index (χ4v) is 6.07. The maximum Gasteiger partial charge on any atom is 0.133 e. The van der Waals surface area contributed by atoms with Gasteiger partial charge < -0.3 is 9.67 Å². The van der Waals surface area contributed by atoms with Crippen molar-refractivity contribution in [1.29, 1.82) is 0 Å². The highest BCUT2D eigenvalue weighted by atomic mass is 16.3. The number of aryl methyl sites for hydroxylation is 1. The van der Waals surface area contributed by atoms with Gasteiger partial charge in [-0.3, -0.25) is 9.88 Å². The normalized spacial score (nSPS) is 22.1. The Bertz CT molecular complexity index is 1240. The van der Waals surface area contributed by atoms with Crippen molar-refractivity contribution >= 4 is 10.9 Å². The molecule has 3 unspecified atom stereocenters. The largest absolute Gasteiger partial charge is 0.378 e. The van der Waals surface area contributed by atoms with E-state index in [-0.39, 0.29) is 0 Å². The van der Waals surface area contributed by atoms with Crippen molar-refractivity contribution in [3.8, 4) is 0 Å². The molecule has 0 spiro atoms. The second kappa shape index (κ2) is 7.29. The lowest BCUT2D eigenvalue weighted by atomic mass is 9.86. The maximum atomic E-state index is 12.3. The number of hydrogen-bond acceptors (Lipinski definition) is 3. The van der Waals surface area contributed by atoms with Gasteiger partial charge in [0.15, 0.2) is 0 Å². The lowest BCUT2D eigenvalue weighted by Gasteiger charge is -2.35. The van der Waals surface area contributed by atoms with Crippen molar-refractivity contribution in [3.05, 3.63) is 101 Å². The topological polar surface area (TPSA) is 41.3 Å². The average molecular weight is 424 g/mol. The molecule has 162 valence electrons. The summed E-state index contributed by atoms with van der Waals surface area (Å²) in [6.07, 6.45) is 7.04. The van der Waals surface area contributed by atoms with E-state index in [1.54, 1.807) is 12.4 Å². The van der Waals surface area contributed by atoms with Crippen LogP contribution in [0.5, 0.6) is 0 Å². The Labute approximate surface area is 189 Å². The summed E-state index contributed by atoms with van der Waals surface area (Å²) in [5.74, 6) is 0. The Morgan fingerprint density at radius 3 is 2.53 bits per heavy atom. The molecular formula is C28H29N3O. The minimum Gasteiger partial charge on any atom is -0.378 e. The van der Waals surface area contributed by atoms with E-state index in [0.29, 0.717) is 18.6 Å². The third-order valence-electron chi connectivity index (χ3n) is 7.77. The molecule has 2 aliphatic heterocycles. The quantitative estimate of drug-likeness (QED) is 0.504. The molecule has 1 N–H and O–H groups in total. The fraction of sp³-hybridized carbons (Fsp3) is 0.321. The summed E-state index contributed by atoms with van der Waals surface area (Å²) < 4.78 is 2.41. The van der Waals surface area contributed by atoms with Crippen molar-refractivity contribution in [2.24, 2.45) is 0 Å². The van der Waals surface area contributed by atoms with Crippen LogP contribution in [0.1, 0.15) is 46.8 Å². The molecule has 2 aliphatic rings. The first-order valence-corrected chi connectivity index (χ1v) is 11.6. The second-order valence-corrected chi connectivity index (χ2v) is 9.55. The number of rotatable bonds is 4. The fourth-order valence-electron chi connectivity index (χ4n) is 6.07. The molecule has 4 heteroatoms. The molecule has 0 radical (unpaired) electrons. The lowest BCUT2D eigenvalue weighted by Crippen LogP contribution is -2.37. The SMILES string of the molecule is Cc1ccc2c(c1)c1c(n2CC(O)(c2ccccc2)c2ccncc2)CC2CCC1N2C. The van der Waals surface area contributed by atoms with Crippen molar-refractivity contribution in [3.63, 3.8) is 0 Å². The van der Waals surface area contributed by atoms with Gasteiger partial charge in [0.2, 0.25) is 0 Å². The van der Waals surface area contributed by atoms with Crippen LogP contribution in [0.3, 0.4) is 0 Å². The zero-order chi connectivity index (χ0) is 21.9. The summed E-state index contributed by atoms with van der Waals surface area (Å²) in [5.41, 5.74) is 6.03. The standard InChI is InChI=1S/C28H29N3O/c1-19-8-10-24-23(16-19)27-25-11-9-22(30(25)2)17-26(27)31(24)18-28(32,20-6-4-3-5-7-20)21-12-14-29-15-13-21/h3-8,10,12-16,22,25,32H,9,11,17-18H2,1-2H3. The van der Waals surface area contributed by atoms with Crippen LogP contribution in [-0.4, -0.2) is 32.6 Å². The van der Waals surface area contributed by atoms with Gasteiger partial charge in [-0.05, 0) is 67.8 Å². The molecule has 0 amide bonds. The van der Waals surface area contributed by atoms with E-state index in [2.05, 4.69) is 46.6 Å². The molecular weight excluding hydrogens is 394 g/mol. The number of nitrogens with zero attached hydrogens (tertiary/aromatic N) is 3. The van der Waals surface area contributed by atoms with Gasteiger partial charge in [-0.1, -0.05) is 42.0 Å². The molecule has 0 aliphatic carbocycles. The van der Waals surface area contributed by atoms with Gasteiger partial charge in [-0.25, -0.2) is 0 Å². The summed E-state index contributed by atoms with van der Waals surface area (Å²) >= 11 is 0. The molecule has 2 bridgehead atoms. The first-order valence-electron chi connectivity index (χ1n) is 11.6. The maximum absolute atomic E-state index is 12.3. The summed E-state index contributed by atoms with van der Waals surface area (Å²) in [5, 5.41) is 13.6. The zero-order valence-electron chi connectivity index (χ0n) is 18.7. The van der Waals surface area contributed by atoms with Gasteiger partial charge in [0.05, 0.1) is 6.54 Å². The zero-order valence-corrected chi connectivity index (χ0v) is 18.7. The molecule has 4 aromatic rings. The van der Waals surface area contributed by atoms with Crippen LogP contribution in [0.2, 0.25) is 0 Å². The van der Waals surface area contributed by atoms with Crippen molar-refractivity contribution in [2.45, 2.75) is 50.4 Å². The van der Waals surface area contributed by atoms with Crippen LogP contribution < -0.4 is 0 Å². The van der Waals surface area contributed by atoms with Gasteiger partial charge in [0.1, 0.15) is 5.60 Å². The van der Waals surface area contributed by atoms with Gasteiger partial charge in [-0.2, -0.15) is 0 Å². The number of fused-ring (bicyclic) bond motifs is 6. The predicted octanol–water partition coefficient (Wildman–Crippen LogP) is 4.97. The molecule has 1 fully saturated rings. The Balaban J connectivity index is 1.58. The summed E-state index contributed by atoms with van der Waals surface area (Å²) in [4.78, 5) is 6.76. The van der Waals surface area contributed by atoms with E-state index >= 15 is 0 Å². The monoisotopic (exact) mass is 423 g/mol. The highest BCUT2D eigenvalue weighted by Crippen LogP contribution is 2.48. The second-order valence-electron chi connectivity index (χ2n) is 9.55. The highest BCUT2D eigenvalue weighted by molar-refractivity contribution is 5.87. The third-order valence-corrected chi connectivity index (χ3v) is 7.77. The Hall–Kier alpha value is -2.95. The molecule has 3 atom stereocenters. The van der Waals surface area contributed by atoms with E-state index in [4.69, 9.17) is 0 Å². The molecule has 4 nitrogen and oxygen atoms in total. The number of hydrogen-bond donors (Lipinski definition) is 1. The Morgan fingerprint density at radius 1 is 1.00 bits per heavy atom. The Kier molecular flexibility index (Phi) is 4.49. The third kappa shape index (κ3) is 2.86. The minimum absolute atomic E-state index is 0.472. The van der Waals surface area contributed by atoms with Crippen LogP contribution >= 0.6 is 0 Å². The number of aliphatic hydroxyl groups is 1. The smallest absolute Gasteiger partial charge is 0.133 e. The van der Waals surface area contributed by atoms with Gasteiger partial charge >= 0.3 is 0 Å². The molecule has 2 aromatic heterocycles. The lowest BCUT2D eigenvalue weighted by molar-refractivity contribution is 0.0609. The van der Waals surface area contributed by atoms with Crippen LogP contribution in [-0.2, 0) is 18.6 Å². The molecule has 4 heterocycles. The molecule has 32 heavy (non-hydrogen) atoms. The highest BCUT2D eigenvalue weighted by Gasteiger charge is 2.42. The molecule has 2 aromatic carbocycles. The molecule has 0 saturated carbocycles. The van der Waals surface area contributed by atoms with Crippen molar-refractivity contribution < 1.29 is 5.11 Å². The van der Waals surface area contributed by atoms with Gasteiger partial charge in [0, 0.05) is 47.5 Å². The molecule has 1 saturated heterocycles. The summed E-state index contributed by atoms with van der Waals surface area (Å²) in [6, 6.07) is 21.8. The number of benzene rings is 2. The Morgan fingerprint density at radius 2 is 1.75 bits per heavy atom. The van der Waals surface area contributed by atoms with Crippen molar-refractivity contribution in [1.82, 2.24) is 14.5 Å². The summed E-state index contributed by atoms with van der Waals surface area (Å²) in [6.45, 7) is 2.66. The predicted molar refractivity (Wildman–Crippen MR) is 128 cm³/mol. The van der Waals surface area contributed by atoms with E-state index in [1.807, 2.05) is 42.5 Å². The number of likely N-dealkylation sites (N-methyl/N-ethyl adjacent to an activating group) is 1. The van der Waals surface area contributed by atoms with Crippen molar-refractivity contribution in [2.75, 3.05) is 7.05 Å². The van der Waals surface area contributed by atoms with E-state index in [1.165, 1.54) is 40.6 Å². The van der Waals surface area contributed by atoms with E-state index in [0.717, 1.165) is 17.5 Å². The average Bonchev–Trinajstić information content (AvgIpc) is 3.23. The van der Waals surface area contributed by atoms with Crippen LogP contribution in [0.4, 0.5) is 0 Å². The minimum atomic E-state index is -1.14. The van der Waals surface area contributed by atoms with E-state index in [9.17, 15) is 5.11 Å². The first kappa shape index (κ1) is 19.7. The van der Waals surface area contributed by atoms with Crippen LogP contribution in [0.25, 0.3) is 10.9 Å². The van der Waals surface area contributed by atoms with Crippen LogP contribution in [0, 0.1) is 6.92 Å². The van der Waals surface area contributed by atoms with Crippen LogP contribution in [0.15, 0.2) is 73.1 Å². The van der Waals surface area contributed by atoms with Gasteiger partial charge in [0.25, 0.3) is 0 Å². The summed E-state index contributed by atoms with van der Waals surface area (Å²) in [7, 11) is 2.28.